The molecule has 1 aliphatic rings. The molecular formula is C14H23N3O4S. The van der Waals surface area contributed by atoms with Gasteiger partial charge in [0.25, 0.3) is 0 Å². The monoisotopic (exact) mass is 329 g/mol. The minimum Gasteiger partial charge on any atom is -0.352 e. The third-order valence-electron chi connectivity index (χ3n) is 3.53. The molecule has 1 aromatic heterocycles. The van der Waals surface area contributed by atoms with Crippen LogP contribution in [-0.4, -0.2) is 42.0 Å². The topological polar surface area (TPSA) is 102 Å². The molecule has 1 N–H and O–H groups in total. The summed E-state index contributed by atoms with van der Waals surface area (Å²) in [6.07, 6.45) is 1.97. The summed E-state index contributed by atoms with van der Waals surface area (Å²) < 4.78 is 27.8. The lowest BCUT2D eigenvalue weighted by Crippen LogP contribution is -2.35. The van der Waals surface area contributed by atoms with E-state index in [2.05, 4.69) is 15.5 Å². The van der Waals surface area contributed by atoms with Crippen LogP contribution in [0.1, 0.15) is 51.7 Å². The molecule has 2 heterocycles. The average Bonchev–Trinajstić information content (AvgIpc) is 2.95. The summed E-state index contributed by atoms with van der Waals surface area (Å²) in [5.41, 5.74) is -0.160. The van der Waals surface area contributed by atoms with Crippen LogP contribution in [0, 0.1) is 0 Å². The molecule has 22 heavy (non-hydrogen) atoms. The quantitative estimate of drug-likeness (QED) is 0.864. The van der Waals surface area contributed by atoms with Crippen molar-refractivity contribution in [2.75, 3.05) is 11.5 Å². The predicted octanol–water partition coefficient (Wildman–Crippen LogP) is 0.993. The molecule has 1 saturated heterocycles. The third kappa shape index (κ3) is 4.79. The molecule has 0 unspecified atom stereocenters. The summed E-state index contributed by atoms with van der Waals surface area (Å²) in [6, 6.07) is -0.242. The van der Waals surface area contributed by atoms with Crippen LogP contribution >= 0.6 is 0 Å². The number of rotatable bonds is 5. The van der Waals surface area contributed by atoms with Crippen molar-refractivity contribution in [3.63, 3.8) is 0 Å². The molecule has 1 aliphatic heterocycles. The minimum atomic E-state index is -2.96. The maximum absolute atomic E-state index is 11.8. The zero-order chi connectivity index (χ0) is 16.4. The Labute approximate surface area is 130 Å². The summed E-state index contributed by atoms with van der Waals surface area (Å²) >= 11 is 0. The fraction of sp³-hybridized carbons (Fsp3) is 0.786. The average molecular weight is 329 g/mol. The Morgan fingerprint density at radius 1 is 1.41 bits per heavy atom. The van der Waals surface area contributed by atoms with Crippen LogP contribution in [0.25, 0.3) is 0 Å². The van der Waals surface area contributed by atoms with E-state index >= 15 is 0 Å². The second-order valence-corrected chi connectivity index (χ2v) is 9.01. The molecule has 1 atom stereocenters. The third-order valence-corrected chi connectivity index (χ3v) is 5.30. The Hall–Kier alpha value is -1.44. The number of carbonyl (C=O) groups excluding carboxylic acids is 1. The van der Waals surface area contributed by atoms with E-state index in [0.717, 1.165) is 0 Å². The van der Waals surface area contributed by atoms with E-state index in [0.29, 0.717) is 37.4 Å². The van der Waals surface area contributed by atoms with Gasteiger partial charge < -0.3 is 9.84 Å². The largest absolute Gasteiger partial charge is 0.352 e. The molecule has 0 saturated carbocycles. The first-order chi connectivity index (χ1) is 10.2. The van der Waals surface area contributed by atoms with Crippen molar-refractivity contribution in [3.8, 4) is 0 Å². The van der Waals surface area contributed by atoms with Gasteiger partial charge in [-0.15, -0.1) is 0 Å². The smallest absolute Gasteiger partial charge is 0.226 e. The van der Waals surface area contributed by atoms with Crippen molar-refractivity contribution in [2.45, 2.75) is 57.9 Å². The van der Waals surface area contributed by atoms with Crippen molar-refractivity contribution in [1.29, 1.82) is 0 Å². The molecular weight excluding hydrogens is 306 g/mol. The summed E-state index contributed by atoms with van der Waals surface area (Å²) in [4.78, 5) is 16.1. The van der Waals surface area contributed by atoms with Gasteiger partial charge in [0, 0.05) is 24.3 Å². The molecule has 1 fully saturated rings. The highest BCUT2D eigenvalue weighted by Gasteiger charge is 2.28. The minimum absolute atomic E-state index is 0.0529. The van der Waals surface area contributed by atoms with Crippen LogP contribution in [-0.2, 0) is 26.5 Å². The van der Waals surface area contributed by atoms with Crippen LogP contribution < -0.4 is 5.32 Å². The molecule has 1 amide bonds. The number of amides is 1. The normalized spacial score (nSPS) is 21.0. The number of hydrogen-bond acceptors (Lipinski definition) is 6. The SMILES string of the molecule is CC(C)(C)c1noc(CCCC(=O)N[C@@H]2CCS(=O)(=O)C2)n1. The first-order valence-electron chi connectivity index (χ1n) is 7.48. The first kappa shape index (κ1) is 16.9. The van der Waals surface area contributed by atoms with E-state index in [1.54, 1.807) is 0 Å². The van der Waals surface area contributed by atoms with E-state index < -0.39 is 9.84 Å². The first-order valence-corrected chi connectivity index (χ1v) is 9.31. The van der Waals surface area contributed by atoms with Gasteiger partial charge in [-0.2, -0.15) is 4.98 Å². The zero-order valence-corrected chi connectivity index (χ0v) is 14.1. The summed E-state index contributed by atoms with van der Waals surface area (Å²) in [5, 5.41) is 6.70. The van der Waals surface area contributed by atoms with Gasteiger partial charge in [0.15, 0.2) is 15.7 Å². The molecule has 0 bridgehead atoms. The van der Waals surface area contributed by atoms with Gasteiger partial charge >= 0.3 is 0 Å². The van der Waals surface area contributed by atoms with Crippen LogP contribution in [0.15, 0.2) is 4.52 Å². The number of aromatic nitrogens is 2. The highest BCUT2D eigenvalue weighted by molar-refractivity contribution is 7.91. The van der Waals surface area contributed by atoms with Crippen LogP contribution in [0.3, 0.4) is 0 Å². The van der Waals surface area contributed by atoms with Crippen LogP contribution in [0.5, 0.6) is 0 Å². The fourth-order valence-corrected chi connectivity index (χ4v) is 3.94. The molecule has 124 valence electrons. The summed E-state index contributed by atoms with van der Waals surface area (Å²) in [7, 11) is -2.96. The van der Waals surface area contributed by atoms with E-state index in [1.807, 2.05) is 20.8 Å². The highest BCUT2D eigenvalue weighted by Crippen LogP contribution is 2.19. The lowest BCUT2D eigenvalue weighted by molar-refractivity contribution is -0.121. The number of nitrogens with zero attached hydrogens (tertiary/aromatic N) is 2. The Balaban J connectivity index is 1.72. The Morgan fingerprint density at radius 3 is 2.68 bits per heavy atom. The van der Waals surface area contributed by atoms with Crippen molar-refractivity contribution in [1.82, 2.24) is 15.5 Å². The van der Waals surface area contributed by atoms with Gasteiger partial charge in [-0.1, -0.05) is 25.9 Å². The van der Waals surface area contributed by atoms with Crippen molar-refractivity contribution in [2.24, 2.45) is 0 Å². The van der Waals surface area contributed by atoms with Crippen molar-refractivity contribution >= 4 is 15.7 Å². The van der Waals surface area contributed by atoms with E-state index in [4.69, 9.17) is 4.52 Å². The number of nitrogens with one attached hydrogen (secondary N) is 1. The van der Waals surface area contributed by atoms with Gasteiger partial charge in [-0.3, -0.25) is 4.79 Å². The number of carbonyl (C=O) groups is 1. The van der Waals surface area contributed by atoms with Crippen LogP contribution in [0.2, 0.25) is 0 Å². The molecule has 0 radical (unpaired) electrons. The molecule has 1 aromatic rings. The van der Waals surface area contributed by atoms with Gasteiger partial charge in [-0.05, 0) is 12.8 Å². The predicted molar refractivity (Wildman–Crippen MR) is 81.1 cm³/mol. The number of aryl methyl sites for hydroxylation is 1. The standard InChI is InChI=1S/C14H23N3O4S/c1-14(2,3)13-16-12(21-17-13)6-4-5-11(18)15-10-7-8-22(19,20)9-10/h10H,4-9H2,1-3H3,(H,15,18)/t10-/m1/s1. The molecule has 0 aliphatic carbocycles. The zero-order valence-electron chi connectivity index (χ0n) is 13.3. The number of sulfone groups is 1. The summed E-state index contributed by atoms with van der Waals surface area (Å²) in [6.45, 7) is 6.01. The van der Waals surface area contributed by atoms with Gasteiger partial charge in [0.05, 0.1) is 11.5 Å². The van der Waals surface area contributed by atoms with E-state index in [1.165, 1.54) is 0 Å². The molecule has 7 nitrogen and oxygen atoms in total. The second-order valence-electron chi connectivity index (χ2n) is 6.78. The van der Waals surface area contributed by atoms with Gasteiger partial charge in [0.1, 0.15) is 0 Å². The lowest BCUT2D eigenvalue weighted by Gasteiger charge is -2.11. The van der Waals surface area contributed by atoms with Crippen molar-refractivity contribution < 1.29 is 17.7 Å². The van der Waals surface area contributed by atoms with Gasteiger partial charge in [0.2, 0.25) is 11.8 Å². The Bertz CT molecular complexity index is 631. The Kier molecular flexibility index (Phi) is 4.89. The fourth-order valence-electron chi connectivity index (χ4n) is 2.27. The molecule has 8 heteroatoms. The van der Waals surface area contributed by atoms with Crippen molar-refractivity contribution in [3.05, 3.63) is 11.7 Å². The molecule has 0 spiro atoms. The molecule has 0 aromatic carbocycles. The maximum Gasteiger partial charge on any atom is 0.226 e. The lowest BCUT2D eigenvalue weighted by atomic mass is 9.96. The number of hydrogen-bond donors (Lipinski definition) is 1. The molecule has 2 rings (SSSR count). The maximum atomic E-state index is 11.8. The van der Waals surface area contributed by atoms with Crippen LogP contribution in [0.4, 0.5) is 0 Å². The second kappa shape index (κ2) is 6.36. The van der Waals surface area contributed by atoms with E-state index in [9.17, 15) is 13.2 Å². The van der Waals surface area contributed by atoms with E-state index in [-0.39, 0.29) is 28.9 Å². The van der Waals surface area contributed by atoms with Gasteiger partial charge in [-0.25, -0.2) is 8.42 Å². The Morgan fingerprint density at radius 2 is 2.14 bits per heavy atom. The highest BCUT2D eigenvalue weighted by atomic mass is 32.2. The summed E-state index contributed by atoms with van der Waals surface area (Å²) in [5.74, 6) is 1.27.